The number of likely N-dealkylation sites (tertiary alicyclic amines) is 1. The van der Waals surface area contributed by atoms with Gasteiger partial charge in [-0.15, -0.1) is 0 Å². The lowest BCUT2D eigenvalue weighted by molar-refractivity contribution is 0.0682. The molecule has 0 N–H and O–H groups in total. The molecule has 1 unspecified atom stereocenters. The largest absolute Gasteiger partial charge is 0.338 e. The van der Waals surface area contributed by atoms with E-state index in [2.05, 4.69) is 6.92 Å². The van der Waals surface area contributed by atoms with E-state index in [1.807, 2.05) is 6.92 Å². The summed E-state index contributed by atoms with van der Waals surface area (Å²) in [4.78, 5) is 14.5. The highest BCUT2D eigenvalue weighted by Gasteiger charge is 2.25. The lowest BCUT2D eigenvalue weighted by Gasteiger charge is -2.31. The van der Waals surface area contributed by atoms with E-state index in [-0.39, 0.29) is 10.8 Å². The number of hydrogen-bond acceptors (Lipinski definition) is 3. The molecule has 0 aliphatic carbocycles. The molecule has 1 aromatic carbocycles. The average Bonchev–Trinajstić information content (AvgIpc) is 2.36. The van der Waals surface area contributed by atoms with Crippen LogP contribution in [0.4, 0.5) is 0 Å². The van der Waals surface area contributed by atoms with Crippen LogP contribution >= 0.6 is 10.7 Å². The summed E-state index contributed by atoms with van der Waals surface area (Å²) in [6, 6.07) is 3.12. The molecule has 1 heterocycles. The van der Waals surface area contributed by atoms with Crippen molar-refractivity contribution in [3.8, 4) is 0 Å². The number of benzene rings is 1. The van der Waals surface area contributed by atoms with Crippen LogP contribution in [-0.4, -0.2) is 32.3 Å². The first-order valence-electron chi connectivity index (χ1n) is 7.05. The second kappa shape index (κ2) is 5.97. The van der Waals surface area contributed by atoms with Crippen molar-refractivity contribution in [3.05, 3.63) is 28.8 Å². The third-order valence-corrected chi connectivity index (χ3v) is 5.42. The second-order valence-corrected chi connectivity index (χ2v) is 8.40. The van der Waals surface area contributed by atoms with Crippen LogP contribution in [0.1, 0.15) is 41.3 Å². The maximum absolute atomic E-state index is 12.6. The van der Waals surface area contributed by atoms with Crippen LogP contribution in [0.5, 0.6) is 0 Å². The normalized spacial score (nSPS) is 19.6. The minimum absolute atomic E-state index is 0.0168. The molecule has 0 saturated carbocycles. The van der Waals surface area contributed by atoms with Crippen LogP contribution in [0.25, 0.3) is 0 Å². The highest BCUT2D eigenvalue weighted by atomic mass is 35.7. The van der Waals surface area contributed by atoms with Gasteiger partial charge < -0.3 is 4.90 Å². The van der Waals surface area contributed by atoms with Gasteiger partial charge in [-0.05, 0) is 49.8 Å². The lowest BCUT2D eigenvalue weighted by atomic mass is 9.98. The summed E-state index contributed by atoms with van der Waals surface area (Å²) in [6.07, 6.45) is 2.11. The van der Waals surface area contributed by atoms with Crippen LogP contribution in [-0.2, 0) is 9.05 Å². The monoisotopic (exact) mass is 329 g/mol. The molecule has 1 aliphatic heterocycles. The minimum atomic E-state index is -3.85. The van der Waals surface area contributed by atoms with Crippen molar-refractivity contribution >= 4 is 25.6 Å². The number of halogens is 1. The summed E-state index contributed by atoms with van der Waals surface area (Å²) >= 11 is 0. The number of carbonyl (C=O) groups is 1. The summed E-state index contributed by atoms with van der Waals surface area (Å²) in [5, 5.41) is 0. The molecule has 1 saturated heterocycles. The molecule has 0 aromatic heterocycles. The summed E-state index contributed by atoms with van der Waals surface area (Å²) in [6.45, 7) is 7.06. The third kappa shape index (κ3) is 3.58. The predicted octanol–water partition coefficient (Wildman–Crippen LogP) is 3.10. The Morgan fingerprint density at radius 2 is 1.95 bits per heavy atom. The molecule has 0 bridgehead atoms. The van der Waals surface area contributed by atoms with E-state index in [1.165, 1.54) is 6.07 Å². The van der Waals surface area contributed by atoms with Gasteiger partial charge in [0, 0.05) is 29.3 Å². The van der Waals surface area contributed by atoms with Gasteiger partial charge >= 0.3 is 0 Å². The Morgan fingerprint density at radius 3 is 2.52 bits per heavy atom. The van der Waals surface area contributed by atoms with Crippen molar-refractivity contribution in [2.24, 2.45) is 5.92 Å². The van der Waals surface area contributed by atoms with Crippen molar-refractivity contribution in [2.75, 3.05) is 13.1 Å². The van der Waals surface area contributed by atoms with Gasteiger partial charge in [0.05, 0.1) is 4.90 Å². The Balaban J connectivity index is 2.41. The Labute approximate surface area is 130 Å². The fourth-order valence-electron chi connectivity index (χ4n) is 2.87. The Hall–Kier alpha value is -1.07. The van der Waals surface area contributed by atoms with Crippen LogP contribution in [0.3, 0.4) is 0 Å². The van der Waals surface area contributed by atoms with Gasteiger partial charge in [-0.1, -0.05) is 13.0 Å². The van der Waals surface area contributed by atoms with Crippen LogP contribution in [0.15, 0.2) is 17.0 Å². The number of piperidine rings is 1. The zero-order chi connectivity index (χ0) is 15.8. The number of nitrogens with zero attached hydrogens (tertiary/aromatic N) is 1. The highest BCUT2D eigenvalue weighted by Crippen LogP contribution is 2.26. The first-order valence-corrected chi connectivity index (χ1v) is 9.36. The molecule has 0 spiro atoms. The number of amides is 1. The summed E-state index contributed by atoms with van der Waals surface area (Å²) in [5.74, 6) is 0.366. The molecule has 21 heavy (non-hydrogen) atoms. The van der Waals surface area contributed by atoms with Crippen molar-refractivity contribution in [2.45, 2.75) is 38.5 Å². The fourth-order valence-corrected chi connectivity index (χ4v) is 4.07. The molecule has 1 aromatic rings. The van der Waals surface area contributed by atoms with Gasteiger partial charge in [-0.25, -0.2) is 8.42 Å². The van der Waals surface area contributed by atoms with Crippen LogP contribution < -0.4 is 0 Å². The quantitative estimate of drug-likeness (QED) is 0.783. The zero-order valence-electron chi connectivity index (χ0n) is 12.5. The van der Waals surface area contributed by atoms with Crippen molar-refractivity contribution < 1.29 is 13.2 Å². The molecule has 2 rings (SSSR count). The highest BCUT2D eigenvalue weighted by molar-refractivity contribution is 8.13. The smallest absolute Gasteiger partial charge is 0.261 e. The first-order chi connectivity index (χ1) is 9.70. The molecule has 0 radical (unpaired) electrons. The number of carbonyl (C=O) groups excluding carboxylic acids is 1. The molecule has 1 fully saturated rings. The molecule has 1 atom stereocenters. The predicted molar refractivity (Wildman–Crippen MR) is 83.3 cm³/mol. The second-order valence-electron chi connectivity index (χ2n) is 5.87. The average molecular weight is 330 g/mol. The van der Waals surface area contributed by atoms with Gasteiger partial charge in [-0.2, -0.15) is 0 Å². The summed E-state index contributed by atoms with van der Waals surface area (Å²) in [7, 11) is 1.60. The van der Waals surface area contributed by atoms with E-state index in [4.69, 9.17) is 10.7 Å². The van der Waals surface area contributed by atoms with Gasteiger partial charge in [0.1, 0.15) is 0 Å². The van der Waals surface area contributed by atoms with Crippen LogP contribution in [0, 0.1) is 19.8 Å². The minimum Gasteiger partial charge on any atom is -0.338 e. The van der Waals surface area contributed by atoms with Crippen molar-refractivity contribution in [1.82, 2.24) is 4.90 Å². The number of hydrogen-bond donors (Lipinski definition) is 0. The third-order valence-electron chi connectivity index (χ3n) is 3.96. The maximum Gasteiger partial charge on any atom is 0.261 e. The number of rotatable bonds is 2. The standard InChI is InChI=1S/C15H20ClNO3S/c1-10-5-4-6-17(9-10)15(18)13-8-14(21(16,19)20)12(3)7-11(13)2/h7-8,10H,4-6,9H2,1-3H3. The SMILES string of the molecule is Cc1cc(C)c(S(=O)(=O)Cl)cc1C(=O)N1CCCC(C)C1. The van der Waals surface area contributed by atoms with Crippen molar-refractivity contribution in [1.29, 1.82) is 0 Å². The molecule has 1 aliphatic rings. The van der Waals surface area contributed by atoms with E-state index >= 15 is 0 Å². The van der Waals surface area contributed by atoms with Crippen molar-refractivity contribution in [3.63, 3.8) is 0 Å². The first kappa shape index (κ1) is 16.3. The molecule has 4 nitrogen and oxygen atoms in total. The topological polar surface area (TPSA) is 54.5 Å². The van der Waals surface area contributed by atoms with E-state index in [9.17, 15) is 13.2 Å². The Bertz CT molecular complexity index is 670. The molecule has 6 heteroatoms. The van der Waals surface area contributed by atoms with Gasteiger partial charge in [0.2, 0.25) is 0 Å². The molecular weight excluding hydrogens is 310 g/mol. The molecule has 116 valence electrons. The Morgan fingerprint density at radius 1 is 1.29 bits per heavy atom. The molecular formula is C15H20ClNO3S. The zero-order valence-corrected chi connectivity index (χ0v) is 14.1. The lowest BCUT2D eigenvalue weighted by Crippen LogP contribution is -2.39. The molecule has 1 amide bonds. The van der Waals surface area contributed by atoms with Gasteiger partial charge in [-0.3, -0.25) is 4.79 Å². The van der Waals surface area contributed by atoms with E-state index in [0.717, 1.165) is 31.5 Å². The van der Waals surface area contributed by atoms with Gasteiger partial charge in [0.15, 0.2) is 0 Å². The van der Waals surface area contributed by atoms with E-state index in [0.29, 0.717) is 17.0 Å². The fraction of sp³-hybridized carbons (Fsp3) is 0.533. The number of aryl methyl sites for hydroxylation is 2. The Kier molecular flexibility index (Phi) is 4.63. The van der Waals surface area contributed by atoms with Gasteiger partial charge in [0.25, 0.3) is 15.0 Å². The van der Waals surface area contributed by atoms with E-state index < -0.39 is 9.05 Å². The summed E-state index contributed by atoms with van der Waals surface area (Å²) < 4.78 is 23.2. The van der Waals surface area contributed by atoms with Crippen LogP contribution in [0.2, 0.25) is 0 Å². The van der Waals surface area contributed by atoms with E-state index in [1.54, 1.807) is 17.9 Å². The summed E-state index contributed by atoms with van der Waals surface area (Å²) in [5.41, 5.74) is 1.76. The maximum atomic E-state index is 12.6.